The summed E-state index contributed by atoms with van der Waals surface area (Å²) in [5.74, 6) is -5.30. The van der Waals surface area contributed by atoms with Crippen LogP contribution in [-0.2, 0) is 20.0 Å². The topological polar surface area (TPSA) is 179 Å². The molecular weight excluding hydrogens is 488 g/mol. The number of phenols is 3. The van der Waals surface area contributed by atoms with Gasteiger partial charge < -0.3 is 54.7 Å². The number of aliphatic hydroxyl groups is 4. The van der Waals surface area contributed by atoms with Gasteiger partial charge in [0.05, 0.1) is 29.4 Å². The van der Waals surface area contributed by atoms with Gasteiger partial charge in [-0.2, -0.15) is 0 Å². The lowest BCUT2D eigenvalue weighted by Gasteiger charge is -2.43. The Kier molecular flexibility index (Phi) is 8.35. The first-order valence-electron chi connectivity index (χ1n) is 10.7. The van der Waals surface area contributed by atoms with Crippen molar-refractivity contribution in [1.82, 2.24) is 0 Å². The molecule has 0 radical (unpaired) electrons. The van der Waals surface area contributed by atoms with Crippen LogP contribution in [0.25, 0.3) is 0 Å². The van der Waals surface area contributed by atoms with E-state index < -0.39 is 76.3 Å². The van der Waals surface area contributed by atoms with Crippen LogP contribution in [0.4, 0.5) is 0 Å². The third-order valence-electron chi connectivity index (χ3n) is 5.99. The number of hydrogen-bond donors (Lipinski definition) is 7. The van der Waals surface area contributed by atoms with Crippen molar-refractivity contribution >= 4 is 11.6 Å². The predicted molar refractivity (Wildman–Crippen MR) is 122 cm³/mol. The van der Waals surface area contributed by atoms with Crippen LogP contribution in [0, 0.1) is 0 Å². The van der Waals surface area contributed by atoms with Gasteiger partial charge in [0.2, 0.25) is 5.79 Å². The summed E-state index contributed by atoms with van der Waals surface area (Å²) in [7, 11) is 2.53. The quantitative estimate of drug-likeness (QED) is 0.150. The molecule has 1 heterocycles. The fraction of sp³-hybridized carbons (Fsp3) is 0.478. The number of benzene rings is 2. The Hall–Kier alpha value is -2.35. The average Bonchev–Trinajstić information content (AvgIpc) is 2.83. The summed E-state index contributed by atoms with van der Waals surface area (Å²) in [5, 5.41) is 73.9. The molecule has 194 valence electrons. The van der Waals surface area contributed by atoms with E-state index >= 15 is 0 Å². The molecule has 0 saturated carbocycles. The van der Waals surface area contributed by atoms with E-state index in [0.717, 1.165) is 0 Å². The summed E-state index contributed by atoms with van der Waals surface area (Å²) in [6.07, 6.45) is -6.26. The molecule has 11 nitrogen and oxygen atoms in total. The SMILES string of the molecule is CCOc1ccc(C(O)(O)c2c(O)c(C3OC(CO)C(O)C(OC)C3OC)c(O)c(O)c2Cl)cc1. The van der Waals surface area contributed by atoms with E-state index in [-0.39, 0.29) is 5.56 Å². The minimum atomic E-state index is -2.94. The Morgan fingerprint density at radius 1 is 0.971 bits per heavy atom. The molecule has 12 heteroatoms. The Morgan fingerprint density at radius 2 is 1.57 bits per heavy atom. The molecular formula is C23H29ClO11. The van der Waals surface area contributed by atoms with Gasteiger partial charge in [-0.25, -0.2) is 0 Å². The number of hydrogen-bond acceptors (Lipinski definition) is 11. The summed E-state index contributed by atoms with van der Waals surface area (Å²) in [6.45, 7) is 1.51. The van der Waals surface area contributed by atoms with E-state index in [1.807, 2.05) is 0 Å². The smallest absolute Gasteiger partial charge is 0.222 e. The van der Waals surface area contributed by atoms with Crippen molar-refractivity contribution in [3.63, 3.8) is 0 Å². The van der Waals surface area contributed by atoms with Gasteiger partial charge in [0.25, 0.3) is 0 Å². The largest absolute Gasteiger partial charge is 0.507 e. The summed E-state index contributed by atoms with van der Waals surface area (Å²) in [6, 6.07) is 5.57. The first kappa shape index (κ1) is 27.2. The second-order valence-corrected chi connectivity index (χ2v) is 8.32. The molecule has 0 amide bonds. The molecule has 2 aromatic carbocycles. The minimum Gasteiger partial charge on any atom is -0.507 e. The first-order valence-corrected chi connectivity index (χ1v) is 11.1. The number of methoxy groups -OCH3 is 2. The summed E-state index contributed by atoms with van der Waals surface area (Å²) < 4.78 is 21.7. The number of phenolic OH excluding ortho intramolecular Hbond substituents is 3. The molecule has 1 aliphatic heterocycles. The number of ether oxygens (including phenoxy) is 4. The van der Waals surface area contributed by atoms with Gasteiger partial charge in [-0.05, 0) is 31.2 Å². The van der Waals surface area contributed by atoms with E-state index in [4.69, 9.17) is 30.5 Å². The number of halogens is 1. The van der Waals surface area contributed by atoms with Crippen LogP contribution in [0.1, 0.15) is 29.7 Å². The Morgan fingerprint density at radius 3 is 2.09 bits per heavy atom. The van der Waals surface area contributed by atoms with Crippen LogP contribution in [0.3, 0.4) is 0 Å². The van der Waals surface area contributed by atoms with E-state index in [9.17, 15) is 35.7 Å². The lowest BCUT2D eigenvalue weighted by Crippen LogP contribution is -2.56. The zero-order chi connectivity index (χ0) is 26.1. The lowest BCUT2D eigenvalue weighted by molar-refractivity contribution is -0.245. The van der Waals surface area contributed by atoms with Crippen molar-refractivity contribution in [1.29, 1.82) is 0 Å². The predicted octanol–water partition coefficient (Wildman–Crippen LogP) is 0.864. The zero-order valence-corrected chi connectivity index (χ0v) is 20.0. The third kappa shape index (κ3) is 4.74. The van der Waals surface area contributed by atoms with Crippen molar-refractivity contribution in [2.24, 2.45) is 0 Å². The highest BCUT2D eigenvalue weighted by atomic mass is 35.5. The molecule has 0 aliphatic carbocycles. The van der Waals surface area contributed by atoms with E-state index in [1.54, 1.807) is 6.92 Å². The van der Waals surface area contributed by atoms with Crippen LogP contribution in [-0.4, -0.2) is 87.6 Å². The van der Waals surface area contributed by atoms with E-state index in [1.165, 1.54) is 38.5 Å². The molecule has 5 atom stereocenters. The molecule has 7 N–H and O–H groups in total. The van der Waals surface area contributed by atoms with Crippen LogP contribution in [0.2, 0.25) is 5.02 Å². The van der Waals surface area contributed by atoms with Crippen molar-refractivity contribution in [2.45, 2.75) is 43.2 Å². The third-order valence-corrected chi connectivity index (χ3v) is 6.35. The van der Waals surface area contributed by atoms with Crippen LogP contribution in [0.15, 0.2) is 24.3 Å². The van der Waals surface area contributed by atoms with E-state index in [2.05, 4.69) is 0 Å². The standard InChI is InChI=1S/C23H29ClO11/c1-4-34-11-7-5-10(6-8-11)23(30,31)14-15(24)19(29)18(28)13(17(14)27)20-22(33-3)21(32-2)16(26)12(9-25)35-20/h5-8,12,16,20-22,25-31H,4,9H2,1-3H3. The second kappa shape index (κ2) is 10.7. The van der Waals surface area contributed by atoms with Crippen molar-refractivity contribution < 1.29 is 54.7 Å². The Balaban J connectivity index is 2.20. The number of aliphatic hydroxyl groups excluding tert-OH is 2. The molecule has 1 saturated heterocycles. The fourth-order valence-electron chi connectivity index (χ4n) is 4.22. The molecule has 2 aromatic rings. The van der Waals surface area contributed by atoms with Gasteiger partial charge in [-0.3, -0.25) is 0 Å². The Bertz CT molecular complexity index is 1030. The Labute approximate surface area is 206 Å². The van der Waals surface area contributed by atoms with Crippen molar-refractivity contribution in [2.75, 3.05) is 27.4 Å². The number of rotatable bonds is 8. The van der Waals surface area contributed by atoms with Gasteiger partial charge in [0, 0.05) is 19.8 Å². The number of aromatic hydroxyl groups is 3. The molecule has 3 rings (SSSR count). The molecule has 0 aromatic heterocycles. The summed E-state index contributed by atoms with van der Waals surface area (Å²) >= 11 is 6.14. The van der Waals surface area contributed by atoms with E-state index in [0.29, 0.717) is 12.4 Å². The monoisotopic (exact) mass is 516 g/mol. The summed E-state index contributed by atoms with van der Waals surface area (Å²) in [4.78, 5) is 0. The lowest BCUT2D eigenvalue weighted by atomic mass is 9.86. The normalized spacial score (nSPS) is 25.0. The highest BCUT2D eigenvalue weighted by Gasteiger charge is 2.50. The first-order chi connectivity index (χ1) is 16.5. The van der Waals surface area contributed by atoms with Crippen LogP contribution in [0.5, 0.6) is 23.0 Å². The molecule has 0 spiro atoms. The maximum Gasteiger partial charge on any atom is 0.222 e. The molecule has 0 bridgehead atoms. The van der Waals surface area contributed by atoms with Crippen molar-refractivity contribution in [3.8, 4) is 23.0 Å². The highest BCUT2D eigenvalue weighted by molar-refractivity contribution is 6.33. The van der Waals surface area contributed by atoms with Gasteiger partial charge >= 0.3 is 0 Å². The molecule has 1 aliphatic rings. The van der Waals surface area contributed by atoms with Gasteiger partial charge in [0.15, 0.2) is 11.5 Å². The highest BCUT2D eigenvalue weighted by Crippen LogP contribution is 2.54. The fourth-order valence-corrected chi connectivity index (χ4v) is 4.53. The molecule has 1 fully saturated rings. The van der Waals surface area contributed by atoms with Crippen LogP contribution >= 0.6 is 11.6 Å². The zero-order valence-electron chi connectivity index (χ0n) is 19.3. The maximum absolute atomic E-state index is 11.2. The minimum absolute atomic E-state index is 0.138. The van der Waals surface area contributed by atoms with Gasteiger partial charge in [-0.15, -0.1) is 0 Å². The average molecular weight is 517 g/mol. The van der Waals surface area contributed by atoms with Gasteiger partial charge in [0.1, 0.15) is 42.0 Å². The van der Waals surface area contributed by atoms with Crippen molar-refractivity contribution in [3.05, 3.63) is 46.0 Å². The second-order valence-electron chi connectivity index (χ2n) is 7.95. The molecule has 5 unspecified atom stereocenters. The molecule has 35 heavy (non-hydrogen) atoms. The summed E-state index contributed by atoms with van der Waals surface area (Å²) in [5.41, 5.74) is -1.40. The van der Waals surface area contributed by atoms with Gasteiger partial charge in [-0.1, -0.05) is 11.6 Å². The van der Waals surface area contributed by atoms with Crippen LogP contribution < -0.4 is 4.74 Å². The maximum atomic E-state index is 11.2.